The van der Waals surface area contributed by atoms with E-state index < -0.39 is 51.2 Å². The first kappa shape index (κ1) is 23.7. The van der Waals surface area contributed by atoms with Crippen molar-refractivity contribution in [2.45, 2.75) is 43.9 Å². The third-order valence-electron chi connectivity index (χ3n) is 7.04. The Morgan fingerprint density at radius 3 is 2.20 bits per heavy atom. The number of piperidine rings is 1. The molecule has 6 rings (SSSR count). The minimum atomic E-state index is -4.50. The number of benzene rings is 2. The quantitative estimate of drug-likeness (QED) is 0.626. The third-order valence-corrected chi connectivity index (χ3v) is 9.54. The van der Waals surface area contributed by atoms with E-state index in [1.807, 2.05) is 6.92 Å². The first-order chi connectivity index (χ1) is 16.4. The fourth-order valence-corrected chi connectivity index (χ4v) is 8.00. The topological polar surface area (TPSA) is 112 Å². The SMILES string of the molecule is Cc1cc(C)c(S(=O)(=O)N2C(=O)C3(O)C(Cl)=CC2C2C(=O)N(Cc4ccccc4)C(=O)C23)c(C)c1. The molecule has 1 N–H and O–H groups in total. The van der Waals surface area contributed by atoms with Crippen LogP contribution in [0.3, 0.4) is 0 Å². The zero-order chi connectivity index (χ0) is 25.4. The van der Waals surface area contributed by atoms with Crippen molar-refractivity contribution in [2.75, 3.05) is 0 Å². The molecular weight excluding hydrogens is 492 g/mol. The van der Waals surface area contributed by atoms with Gasteiger partial charge in [-0.25, -0.2) is 12.7 Å². The summed E-state index contributed by atoms with van der Waals surface area (Å²) in [4.78, 5) is 41.3. The summed E-state index contributed by atoms with van der Waals surface area (Å²) in [5.74, 6) is -5.41. The number of nitrogens with zero attached hydrogens (tertiary/aromatic N) is 2. The lowest BCUT2D eigenvalue weighted by atomic mass is 9.67. The standard InChI is InChI=1S/C25H23ClN2O6S/c1-13-9-14(2)21(15(3)10-13)35(33,34)28-17-11-18(26)25(32,24(28)31)20-19(17)22(29)27(23(20)30)12-16-7-5-4-6-8-16/h4-11,17,19-20,32H,12H2,1-3H3. The molecule has 1 aliphatic carbocycles. The van der Waals surface area contributed by atoms with Crippen molar-refractivity contribution in [3.8, 4) is 0 Å². The van der Waals surface area contributed by atoms with Gasteiger partial charge in [0.25, 0.3) is 15.9 Å². The van der Waals surface area contributed by atoms with Crippen LogP contribution in [-0.2, 0) is 31.0 Å². The van der Waals surface area contributed by atoms with Crippen LogP contribution >= 0.6 is 11.6 Å². The van der Waals surface area contributed by atoms with E-state index in [1.165, 1.54) is 6.08 Å². The summed E-state index contributed by atoms with van der Waals surface area (Å²) in [7, 11) is -4.50. The Labute approximate surface area is 207 Å². The molecule has 4 unspecified atom stereocenters. The van der Waals surface area contributed by atoms with Crippen molar-refractivity contribution in [3.63, 3.8) is 0 Å². The van der Waals surface area contributed by atoms with Crippen molar-refractivity contribution in [1.82, 2.24) is 9.21 Å². The fourth-order valence-electron chi connectivity index (χ4n) is 5.68. The Morgan fingerprint density at radius 1 is 1.00 bits per heavy atom. The predicted octanol–water partition coefficient (Wildman–Crippen LogP) is 2.18. The average Bonchev–Trinajstić information content (AvgIpc) is 3.02. The highest BCUT2D eigenvalue weighted by atomic mass is 35.5. The van der Waals surface area contributed by atoms with Crippen molar-refractivity contribution < 1.29 is 27.9 Å². The molecule has 2 aromatic rings. The summed E-state index contributed by atoms with van der Waals surface area (Å²) in [5, 5.41) is 11.2. The zero-order valence-corrected chi connectivity index (χ0v) is 20.8. The molecule has 2 saturated heterocycles. The van der Waals surface area contributed by atoms with Crippen LogP contribution in [0.15, 0.2) is 58.5 Å². The lowest BCUT2D eigenvalue weighted by Gasteiger charge is -2.50. The minimum Gasteiger partial charge on any atom is -0.374 e. The zero-order valence-electron chi connectivity index (χ0n) is 19.2. The maximum atomic E-state index is 13.9. The molecule has 4 aliphatic rings. The smallest absolute Gasteiger partial charge is 0.275 e. The van der Waals surface area contributed by atoms with Gasteiger partial charge in [0.1, 0.15) is 0 Å². The molecule has 2 aromatic carbocycles. The maximum Gasteiger partial charge on any atom is 0.275 e. The molecule has 182 valence electrons. The van der Waals surface area contributed by atoms with Gasteiger partial charge in [-0.15, -0.1) is 0 Å². The number of sulfonamides is 1. The third kappa shape index (κ3) is 3.15. The molecule has 35 heavy (non-hydrogen) atoms. The molecule has 10 heteroatoms. The molecule has 3 amide bonds. The average molecular weight is 515 g/mol. The highest BCUT2D eigenvalue weighted by Crippen LogP contribution is 2.53. The highest BCUT2D eigenvalue weighted by Gasteiger charge is 2.72. The van der Waals surface area contributed by atoms with E-state index in [0.29, 0.717) is 21.0 Å². The largest absolute Gasteiger partial charge is 0.374 e. The number of carbonyl (C=O) groups excluding carboxylic acids is 3. The second-order valence-corrected chi connectivity index (χ2v) is 11.5. The molecular formula is C25H23ClN2O6S. The van der Waals surface area contributed by atoms with Crippen LogP contribution in [0, 0.1) is 32.6 Å². The van der Waals surface area contributed by atoms with E-state index in [2.05, 4.69) is 0 Å². The van der Waals surface area contributed by atoms with E-state index in [-0.39, 0.29) is 16.5 Å². The van der Waals surface area contributed by atoms with E-state index in [9.17, 15) is 27.9 Å². The van der Waals surface area contributed by atoms with Gasteiger partial charge in [-0.05, 0) is 43.5 Å². The first-order valence-electron chi connectivity index (χ1n) is 11.1. The Kier molecular flexibility index (Phi) is 5.25. The van der Waals surface area contributed by atoms with Crippen molar-refractivity contribution in [3.05, 3.63) is 75.8 Å². The maximum absolute atomic E-state index is 13.9. The molecule has 8 nitrogen and oxygen atoms in total. The number of hydrogen-bond donors (Lipinski definition) is 1. The summed E-state index contributed by atoms with van der Waals surface area (Å²) >= 11 is 6.27. The van der Waals surface area contributed by atoms with Crippen LogP contribution in [-0.4, -0.2) is 52.1 Å². The van der Waals surface area contributed by atoms with Gasteiger partial charge in [0.05, 0.1) is 34.4 Å². The Morgan fingerprint density at radius 2 is 1.60 bits per heavy atom. The van der Waals surface area contributed by atoms with E-state index in [1.54, 1.807) is 56.3 Å². The van der Waals surface area contributed by atoms with Crippen LogP contribution in [0.25, 0.3) is 0 Å². The van der Waals surface area contributed by atoms with E-state index in [0.717, 1.165) is 10.5 Å². The van der Waals surface area contributed by atoms with Crippen LogP contribution < -0.4 is 0 Å². The number of imide groups is 1. The molecule has 0 radical (unpaired) electrons. The van der Waals surface area contributed by atoms with Gasteiger partial charge in [0.2, 0.25) is 11.8 Å². The van der Waals surface area contributed by atoms with Gasteiger partial charge < -0.3 is 5.11 Å². The Hall–Kier alpha value is -3.01. The summed E-state index contributed by atoms with van der Waals surface area (Å²) in [6, 6.07) is 10.8. The number of hydrogen-bond acceptors (Lipinski definition) is 6. The first-order valence-corrected chi connectivity index (χ1v) is 12.9. The number of halogens is 1. The lowest BCUT2D eigenvalue weighted by molar-refractivity contribution is -0.165. The van der Waals surface area contributed by atoms with Crippen molar-refractivity contribution in [2.24, 2.45) is 11.8 Å². The molecule has 2 bridgehead atoms. The van der Waals surface area contributed by atoms with Crippen molar-refractivity contribution >= 4 is 39.3 Å². The fraction of sp³-hybridized carbons (Fsp3) is 0.320. The van der Waals surface area contributed by atoms with Gasteiger partial charge in [0, 0.05) is 0 Å². The number of fused-ring (bicyclic) bond motifs is 1. The molecule has 2 fully saturated rings. The monoisotopic (exact) mass is 514 g/mol. The summed E-state index contributed by atoms with van der Waals surface area (Å²) in [6.45, 7) is 4.99. The molecule has 0 saturated carbocycles. The normalized spacial score (nSPS) is 28.0. The Balaban J connectivity index is 1.63. The predicted molar refractivity (Wildman–Crippen MR) is 126 cm³/mol. The van der Waals surface area contributed by atoms with Gasteiger partial charge >= 0.3 is 0 Å². The molecule has 0 spiro atoms. The van der Waals surface area contributed by atoms with Crippen LogP contribution in [0.1, 0.15) is 22.3 Å². The van der Waals surface area contributed by atoms with Crippen LogP contribution in [0.4, 0.5) is 0 Å². The molecule has 3 heterocycles. The second kappa shape index (κ2) is 7.74. The van der Waals surface area contributed by atoms with Crippen molar-refractivity contribution in [1.29, 1.82) is 0 Å². The molecule has 0 aromatic heterocycles. The number of amides is 3. The van der Waals surface area contributed by atoms with Gasteiger partial charge in [-0.2, -0.15) is 0 Å². The number of carbonyl (C=O) groups is 3. The number of likely N-dealkylation sites (tertiary alicyclic amines) is 1. The minimum absolute atomic E-state index is 0.0664. The summed E-state index contributed by atoms with van der Waals surface area (Å²) < 4.78 is 28.2. The van der Waals surface area contributed by atoms with Gasteiger partial charge in [-0.1, -0.05) is 59.6 Å². The van der Waals surface area contributed by atoms with Crippen LogP contribution in [0.5, 0.6) is 0 Å². The second-order valence-electron chi connectivity index (χ2n) is 9.36. The molecule has 4 atom stereocenters. The van der Waals surface area contributed by atoms with E-state index in [4.69, 9.17) is 11.6 Å². The number of aryl methyl sites for hydroxylation is 3. The Bertz CT molecular complexity index is 1410. The highest BCUT2D eigenvalue weighted by molar-refractivity contribution is 7.89. The molecule has 3 aliphatic heterocycles. The van der Waals surface area contributed by atoms with E-state index >= 15 is 0 Å². The number of aliphatic hydroxyl groups is 1. The number of rotatable bonds is 4. The van der Waals surface area contributed by atoms with Gasteiger partial charge in [0.15, 0.2) is 5.60 Å². The lowest BCUT2D eigenvalue weighted by Crippen LogP contribution is -2.70. The summed E-state index contributed by atoms with van der Waals surface area (Å²) in [6.07, 6.45) is 1.21. The van der Waals surface area contributed by atoms with Crippen LogP contribution in [0.2, 0.25) is 0 Å². The summed E-state index contributed by atoms with van der Waals surface area (Å²) in [5.41, 5.74) is -0.281. The van der Waals surface area contributed by atoms with Gasteiger partial charge in [-0.3, -0.25) is 19.3 Å².